The quantitative estimate of drug-likeness (QED) is 0.581. The zero-order valence-electron chi connectivity index (χ0n) is 17.4. The van der Waals surface area contributed by atoms with E-state index in [1.54, 1.807) is 45.0 Å². The first-order chi connectivity index (χ1) is 14.7. The van der Waals surface area contributed by atoms with Gasteiger partial charge in [-0.05, 0) is 42.8 Å². The lowest BCUT2D eigenvalue weighted by molar-refractivity contribution is -0.116. The van der Waals surface area contributed by atoms with Crippen molar-refractivity contribution >= 4 is 44.1 Å². The van der Waals surface area contributed by atoms with Crippen LogP contribution in [0.25, 0.3) is 10.9 Å². The number of fused-ring (bicyclic) bond motifs is 1. The van der Waals surface area contributed by atoms with Gasteiger partial charge in [0, 0.05) is 23.8 Å². The molecule has 0 unspecified atom stereocenters. The number of rotatable bonds is 7. The first kappa shape index (κ1) is 22.9. The van der Waals surface area contributed by atoms with Crippen LogP contribution in [0.3, 0.4) is 0 Å². The van der Waals surface area contributed by atoms with Gasteiger partial charge in [0.1, 0.15) is 6.54 Å². The normalized spacial score (nSPS) is 11.8. The number of halogens is 1. The van der Waals surface area contributed by atoms with Gasteiger partial charge >= 0.3 is 0 Å². The van der Waals surface area contributed by atoms with Gasteiger partial charge in [-0.3, -0.25) is 14.2 Å². The molecular formula is C21H23ClN4O4S. The Morgan fingerprint density at radius 2 is 1.87 bits per heavy atom. The summed E-state index contributed by atoms with van der Waals surface area (Å²) in [5.74, 6) is -0.486. The van der Waals surface area contributed by atoms with E-state index in [4.69, 9.17) is 11.6 Å². The molecular weight excluding hydrogens is 440 g/mol. The minimum Gasteiger partial charge on any atom is -0.324 e. The fourth-order valence-corrected chi connectivity index (χ4v) is 5.14. The molecule has 1 aromatic heterocycles. The summed E-state index contributed by atoms with van der Waals surface area (Å²) >= 11 is 5.96. The summed E-state index contributed by atoms with van der Waals surface area (Å²) < 4.78 is 28.3. The van der Waals surface area contributed by atoms with Crippen molar-refractivity contribution in [3.63, 3.8) is 0 Å². The Morgan fingerprint density at radius 3 is 2.55 bits per heavy atom. The van der Waals surface area contributed by atoms with Crippen LogP contribution < -0.4 is 10.9 Å². The number of hydrogen-bond donors (Lipinski definition) is 1. The number of sulfonamides is 1. The lowest BCUT2D eigenvalue weighted by Crippen LogP contribution is -2.31. The fraction of sp³-hybridized carbons (Fsp3) is 0.286. The second-order valence-corrected chi connectivity index (χ2v) is 9.30. The lowest BCUT2D eigenvalue weighted by Gasteiger charge is -2.20. The van der Waals surface area contributed by atoms with Crippen molar-refractivity contribution in [3.8, 4) is 0 Å². The van der Waals surface area contributed by atoms with Crippen LogP contribution in [0.4, 0.5) is 5.69 Å². The number of nitrogens with zero attached hydrogens (tertiary/aromatic N) is 3. The Kier molecular flexibility index (Phi) is 6.78. The van der Waals surface area contributed by atoms with E-state index in [2.05, 4.69) is 10.3 Å². The summed E-state index contributed by atoms with van der Waals surface area (Å²) in [5, 5.41) is 3.37. The molecule has 0 aliphatic heterocycles. The zero-order valence-corrected chi connectivity index (χ0v) is 19.0. The van der Waals surface area contributed by atoms with Crippen molar-refractivity contribution in [2.75, 3.05) is 18.4 Å². The van der Waals surface area contributed by atoms with E-state index in [-0.39, 0.29) is 11.4 Å². The highest BCUT2D eigenvalue weighted by atomic mass is 35.5. The average molecular weight is 463 g/mol. The molecule has 0 bridgehead atoms. The molecule has 0 aliphatic rings. The van der Waals surface area contributed by atoms with Crippen LogP contribution in [0.1, 0.15) is 19.4 Å². The first-order valence-electron chi connectivity index (χ1n) is 9.72. The predicted molar refractivity (Wildman–Crippen MR) is 121 cm³/mol. The average Bonchev–Trinajstić information content (AvgIpc) is 2.72. The second kappa shape index (κ2) is 9.17. The van der Waals surface area contributed by atoms with Crippen LogP contribution in [-0.4, -0.2) is 41.3 Å². The third-order valence-electron chi connectivity index (χ3n) is 4.90. The topological polar surface area (TPSA) is 101 Å². The molecule has 0 aliphatic carbocycles. The third-order valence-corrected chi connectivity index (χ3v) is 7.32. The van der Waals surface area contributed by atoms with Gasteiger partial charge in [0.2, 0.25) is 15.9 Å². The van der Waals surface area contributed by atoms with Crippen LogP contribution >= 0.6 is 11.6 Å². The molecule has 3 rings (SSSR count). The molecule has 8 nitrogen and oxygen atoms in total. The number of benzene rings is 2. The number of hydrogen-bond acceptors (Lipinski definition) is 5. The second-order valence-electron chi connectivity index (χ2n) is 6.96. The number of aryl methyl sites for hydroxylation is 1. The summed E-state index contributed by atoms with van der Waals surface area (Å²) in [6, 6.07) is 9.46. The molecule has 1 N–H and O–H groups in total. The molecule has 0 saturated heterocycles. The van der Waals surface area contributed by atoms with Gasteiger partial charge in [-0.15, -0.1) is 0 Å². The molecule has 0 saturated carbocycles. The Hall–Kier alpha value is -2.75. The van der Waals surface area contributed by atoms with E-state index in [1.807, 2.05) is 0 Å². The van der Waals surface area contributed by atoms with E-state index in [9.17, 15) is 18.0 Å². The maximum atomic E-state index is 12.9. The largest absolute Gasteiger partial charge is 0.324 e. The molecule has 0 fully saturated rings. The SMILES string of the molecule is CCN(CC)S(=O)(=O)c1cc(NC(=O)Cn2cnc3ccc(Cl)cc3c2=O)ccc1C. The zero-order chi connectivity index (χ0) is 22.8. The highest BCUT2D eigenvalue weighted by Gasteiger charge is 2.24. The van der Waals surface area contributed by atoms with Gasteiger partial charge in [-0.2, -0.15) is 4.31 Å². The molecule has 1 heterocycles. The summed E-state index contributed by atoms with van der Waals surface area (Å²) in [6.45, 7) is 5.65. The maximum absolute atomic E-state index is 12.9. The van der Waals surface area contributed by atoms with Crippen molar-refractivity contribution in [3.05, 3.63) is 63.7 Å². The van der Waals surface area contributed by atoms with E-state index in [0.29, 0.717) is 40.3 Å². The Bertz CT molecular complexity index is 1300. The fourth-order valence-electron chi connectivity index (χ4n) is 3.26. The van der Waals surface area contributed by atoms with E-state index < -0.39 is 21.5 Å². The Balaban J connectivity index is 1.86. The molecule has 164 valence electrons. The standard InChI is InChI=1S/C21H23ClN4O4S/c1-4-26(5-2)31(29,30)19-11-16(8-6-14(19)3)24-20(27)12-25-13-23-18-9-7-15(22)10-17(18)21(25)28/h6-11,13H,4-5,12H2,1-3H3,(H,24,27). The molecule has 0 atom stereocenters. The van der Waals surface area contributed by atoms with Crippen molar-refractivity contribution < 1.29 is 13.2 Å². The van der Waals surface area contributed by atoms with Gasteiger partial charge in [0.05, 0.1) is 22.1 Å². The molecule has 0 spiro atoms. The van der Waals surface area contributed by atoms with Crippen LogP contribution in [0.2, 0.25) is 5.02 Å². The van der Waals surface area contributed by atoms with Crippen molar-refractivity contribution in [2.24, 2.45) is 0 Å². The molecule has 1 amide bonds. The lowest BCUT2D eigenvalue weighted by atomic mass is 10.2. The maximum Gasteiger partial charge on any atom is 0.261 e. The number of carbonyl (C=O) groups excluding carboxylic acids is 1. The van der Waals surface area contributed by atoms with Gasteiger partial charge in [0.25, 0.3) is 5.56 Å². The molecule has 31 heavy (non-hydrogen) atoms. The van der Waals surface area contributed by atoms with Crippen molar-refractivity contribution in [1.29, 1.82) is 0 Å². The third kappa shape index (κ3) is 4.79. The predicted octanol–water partition coefficient (Wildman–Crippen LogP) is 3.03. The number of nitrogens with one attached hydrogen (secondary N) is 1. The summed E-state index contributed by atoms with van der Waals surface area (Å²) in [4.78, 5) is 29.5. The van der Waals surface area contributed by atoms with Gasteiger partial charge in [-0.1, -0.05) is 31.5 Å². The first-order valence-corrected chi connectivity index (χ1v) is 11.5. The minimum absolute atomic E-state index is 0.133. The number of aromatic nitrogens is 2. The monoisotopic (exact) mass is 462 g/mol. The highest BCUT2D eigenvalue weighted by Crippen LogP contribution is 2.23. The Morgan fingerprint density at radius 1 is 1.16 bits per heavy atom. The number of amides is 1. The summed E-state index contributed by atoms with van der Waals surface area (Å²) in [7, 11) is -3.68. The van der Waals surface area contributed by atoms with Crippen molar-refractivity contribution in [2.45, 2.75) is 32.2 Å². The van der Waals surface area contributed by atoms with E-state index in [0.717, 1.165) is 0 Å². The van der Waals surface area contributed by atoms with Gasteiger partial charge in [0.15, 0.2) is 0 Å². The summed E-state index contributed by atoms with van der Waals surface area (Å²) in [5.41, 5.74) is 0.995. The molecule has 0 radical (unpaired) electrons. The van der Waals surface area contributed by atoms with Crippen LogP contribution in [0, 0.1) is 6.92 Å². The summed E-state index contributed by atoms with van der Waals surface area (Å²) in [6.07, 6.45) is 1.30. The van der Waals surface area contributed by atoms with Crippen LogP contribution in [0.15, 0.2) is 52.4 Å². The Labute approximate surface area is 185 Å². The molecule has 3 aromatic rings. The number of carbonyl (C=O) groups is 1. The number of anilines is 1. The minimum atomic E-state index is -3.68. The van der Waals surface area contributed by atoms with Gasteiger partial charge < -0.3 is 5.32 Å². The highest BCUT2D eigenvalue weighted by molar-refractivity contribution is 7.89. The van der Waals surface area contributed by atoms with E-state index in [1.165, 1.54) is 27.3 Å². The van der Waals surface area contributed by atoms with Crippen LogP contribution in [0.5, 0.6) is 0 Å². The molecule has 10 heteroatoms. The van der Waals surface area contributed by atoms with Crippen LogP contribution in [-0.2, 0) is 21.4 Å². The van der Waals surface area contributed by atoms with Crippen molar-refractivity contribution in [1.82, 2.24) is 13.9 Å². The van der Waals surface area contributed by atoms with Gasteiger partial charge in [-0.25, -0.2) is 13.4 Å². The van der Waals surface area contributed by atoms with E-state index >= 15 is 0 Å². The smallest absolute Gasteiger partial charge is 0.261 e. The molecule has 2 aromatic carbocycles.